The quantitative estimate of drug-likeness (QED) is 0.354. The predicted molar refractivity (Wildman–Crippen MR) is 139 cm³/mol. The third-order valence-electron chi connectivity index (χ3n) is 5.13. The number of hydrogen-bond acceptors (Lipinski definition) is 7. The largest absolute Gasteiger partial charge is 0.491 e. The molecule has 0 spiro atoms. The van der Waals surface area contributed by atoms with Gasteiger partial charge in [-0.05, 0) is 73.0 Å². The molecule has 1 N–H and O–H groups in total. The molecule has 0 aliphatic carbocycles. The van der Waals surface area contributed by atoms with Crippen LogP contribution in [0.5, 0.6) is 11.5 Å². The smallest absolute Gasteiger partial charge is 0.283 e. The zero-order valence-electron chi connectivity index (χ0n) is 19.8. The van der Waals surface area contributed by atoms with Gasteiger partial charge in [0.25, 0.3) is 5.91 Å². The van der Waals surface area contributed by atoms with Gasteiger partial charge < -0.3 is 14.2 Å². The number of rotatable bonds is 11. The van der Waals surface area contributed by atoms with Crippen molar-refractivity contribution >= 4 is 39.8 Å². The first-order chi connectivity index (χ1) is 17.0. The van der Waals surface area contributed by atoms with E-state index in [1.165, 1.54) is 16.8 Å². The lowest BCUT2D eigenvalue weighted by Gasteiger charge is -2.20. The Bertz CT molecular complexity index is 1170. The summed E-state index contributed by atoms with van der Waals surface area (Å²) in [6, 6.07) is 15.2. The molecule has 2 aliphatic rings. The number of carbonyl (C=O) groups is 1. The number of ether oxygens (including phenoxy) is 3. The minimum absolute atomic E-state index is 0.0439. The Balaban J connectivity index is 1.22. The van der Waals surface area contributed by atoms with Gasteiger partial charge in [0.1, 0.15) is 29.8 Å². The maximum Gasteiger partial charge on any atom is 0.283 e. The second-order valence-electron chi connectivity index (χ2n) is 7.96. The summed E-state index contributed by atoms with van der Waals surface area (Å²) in [5, 5.41) is 15.6. The van der Waals surface area contributed by atoms with Gasteiger partial charge >= 0.3 is 0 Å². The van der Waals surface area contributed by atoms with Gasteiger partial charge in [0, 0.05) is 0 Å². The van der Waals surface area contributed by atoms with Crippen LogP contribution in [0.4, 0.5) is 0 Å². The van der Waals surface area contributed by atoms with E-state index in [9.17, 15) is 4.79 Å². The number of aliphatic imine (C=N–C) groups is 1. The monoisotopic (exact) mass is 492 g/mol. The second kappa shape index (κ2) is 11.8. The number of nitrogens with one attached hydrogen (secondary N) is 1. The second-order valence-corrected chi connectivity index (χ2v) is 9.00. The number of hydrogen-bond donors (Lipinski definition) is 1. The van der Waals surface area contributed by atoms with Crippen LogP contribution in [0.15, 0.2) is 64.2 Å². The summed E-state index contributed by atoms with van der Waals surface area (Å²) in [5.74, 6) is 1.15. The summed E-state index contributed by atoms with van der Waals surface area (Å²) >= 11 is 1.35. The molecule has 8 nitrogen and oxygen atoms in total. The summed E-state index contributed by atoms with van der Waals surface area (Å²) in [5.41, 5.74) is 2.15. The lowest BCUT2D eigenvalue weighted by atomic mass is 10.1. The number of nitrogens with zero attached hydrogens (tertiary/aromatic N) is 3. The predicted octanol–water partition coefficient (Wildman–Crippen LogP) is 4.89. The van der Waals surface area contributed by atoms with Gasteiger partial charge in [0.05, 0.1) is 18.8 Å². The minimum atomic E-state index is -0.425. The first-order valence-corrected chi connectivity index (χ1v) is 12.3. The zero-order valence-corrected chi connectivity index (χ0v) is 20.6. The number of aryl methyl sites for hydroxylation is 1. The van der Waals surface area contributed by atoms with Crippen LogP contribution in [0.1, 0.15) is 30.9 Å². The first-order valence-electron chi connectivity index (χ1n) is 11.5. The molecule has 182 valence electrons. The number of carbonyl (C=O) groups excluding carboxylic acids is 1. The zero-order chi connectivity index (χ0) is 24.6. The third kappa shape index (κ3) is 6.58. The lowest BCUT2D eigenvalue weighted by Crippen LogP contribution is -2.35. The Labute approximate surface area is 209 Å². The molecule has 1 amide bonds. The van der Waals surface area contributed by atoms with Crippen LogP contribution in [0.3, 0.4) is 0 Å². The molecule has 0 fully saturated rings. The Morgan fingerprint density at radius 3 is 2.49 bits per heavy atom. The number of thioether (sulfide) groups is 1. The maximum atomic E-state index is 12.5. The minimum Gasteiger partial charge on any atom is -0.491 e. The van der Waals surface area contributed by atoms with E-state index in [1.54, 1.807) is 6.08 Å². The van der Waals surface area contributed by atoms with Crippen molar-refractivity contribution in [2.75, 3.05) is 26.4 Å². The average Bonchev–Trinajstić information content (AvgIpc) is 3.25. The Morgan fingerprint density at radius 2 is 1.77 bits per heavy atom. The van der Waals surface area contributed by atoms with Crippen molar-refractivity contribution in [1.82, 2.24) is 5.01 Å². The van der Waals surface area contributed by atoms with Crippen LogP contribution in [0.25, 0.3) is 6.08 Å². The van der Waals surface area contributed by atoms with Crippen molar-refractivity contribution < 1.29 is 19.0 Å². The van der Waals surface area contributed by atoms with Crippen LogP contribution in [0.2, 0.25) is 0 Å². The summed E-state index contributed by atoms with van der Waals surface area (Å²) < 4.78 is 16.9. The Morgan fingerprint density at radius 1 is 1.03 bits per heavy atom. The highest BCUT2D eigenvalue weighted by Crippen LogP contribution is 2.29. The molecule has 4 rings (SSSR count). The Kier molecular flexibility index (Phi) is 8.33. The molecule has 2 aromatic carbocycles. The SMILES string of the molecule is CCCC1=NN2C(=N)/C(=C/c3ccc(OCCOCCOc4cccc(C)c4)cc3)C(=O)N=C2S1. The fourth-order valence-corrected chi connectivity index (χ4v) is 4.40. The van der Waals surface area contributed by atoms with E-state index in [0.717, 1.165) is 34.8 Å². The highest BCUT2D eigenvalue weighted by atomic mass is 32.2. The average molecular weight is 493 g/mol. The van der Waals surface area contributed by atoms with E-state index < -0.39 is 5.91 Å². The molecular formula is C26H28N4O4S. The molecule has 0 saturated carbocycles. The highest BCUT2D eigenvalue weighted by Gasteiger charge is 2.35. The molecule has 0 atom stereocenters. The van der Waals surface area contributed by atoms with Crippen LogP contribution >= 0.6 is 11.8 Å². The fraction of sp³-hybridized carbons (Fsp3) is 0.308. The van der Waals surface area contributed by atoms with Gasteiger partial charge in [0.2, 0.25) is 5.17 Å². The lowest BCUT2D eigenvalue weighted by molar-refractivity contribution is -0.114. The highest BCUT2D eigenvalue weighted by molar-refractivity contribution is 8.26. The molecule has 2 heterocycles. The van der Waals surface area contributed by atoms with E-state index in [1.807, 2.05) is 55.5 Å². The summed E-state index contributed by atoms with van der Waals surface area (Å²) in [6.45, 7) is 5.91. The van der Waals surface area contributed by atoms with E-state index in [4.69, 9.17) is 19.6 Å². The van der Waals surface area contributed by atoms with Gasteiger partial charge in [0.15, 0.2) is 5.84 Å². The molecule has 0 unspecified atom stereocenters. The first kappa shape index (κ1) is 24.7. The standard InChI is InChI=1S/C26H28N4O4S/c1-3-5-23-29-30-24(27)22(25(31)28-26(30)35-23)17-19-8-10-20(11-9-19)33-14-12-32-13-15-34-21-7-4-6-18(2)16-21/h4,6-11,16-17,27H,3,5,12-15H2,1-2H3/b22-17-,27-24?. The van der Waals surface area contributed by atoms with Gasteiger partial charge in [-0.2, -0.15) is 15.1 Å². The molecule has 0 saturated heterocycles. The van der Waals surface area contributed by atoms with Crippen LogP contribution < -0.4 is 9.47 Å². The van der Waals surface area contributed by atoms with Gasteiger partial charge in [-0.3, -0.25) is 10.2 Å². The number of fused-ring (bicyclic) bond motifs is 1. The summed E-state index contributed by atoms with van der Waals surface area (Å²) in [7, 11) is 0. The molecule has 0 radical (unpaired) electrons. The molecule has 2 aromatic rings. The molecule has 2 aliphatic heterocycles. The molecule has 0 aromatic heterocycles. The topological polar surface area (TPSA) is 96.6 Å². The summed E-state index contributed by atoms with van der Waals surface area (Å²) in [6.07, 6.45) is 3.40. The Hall–Kier alpha value is -3.43. The normalized spacial score (nSPS) is 16.3. The number of benzene rings is 2. The summed E-state index contributed by atoms with van der Waals surface area (Å²) in [4.78, 5) is 16.6. The molecular weight excluding hydrogens is 464 g/mol. The number of amidine groups is 2. The van der Waals surface area contributed by atoms with Crippen LogP contribution in [-0.4, -0.2) is 53.4 Å². The van der Waals surface area contributed by atoms with Crippen LogP contribution in [0, 0.1) is 12.3 Å². The van der Waals surface area contributed by atoms with Crippen molar-refractivity contribution in [2.45, 2.75) is 26.7 Å². The number of amides is 1. The van der Waals surface area contributed by atoms with Gasteiger partial charge in [-0.25, -0.2) is 0 Å². The van der Waals surface area contributed by atoms with Gasteiger partial charge in [-0.15, -0.1) is 0 Å². The van der Waals surface area contributed by atoms with Crippen LogP contribution in [-0.2, 0) is 9.53 Å². The molecule has 0 bridgehead atoms. The van der Waals surface area contributed by atoms with E-state index in [0.29, 0.717) is 37.3 Å². The van der Waals surface area contributed by atoms with E-state index in [-0.39, 0.29) is 11.4 Å². The van der Waals surface area contributed by atoms with E-state index >= 15 is 0 Å². The van der Waals surface area contributed by atoms with Crippen molar-refractivity contribution in [3.8, 4) is 11.5 Å². The number of hydrazone groups is 1. The van der Waals surface area contributed by atoms with Gasteiger partial charge in [-0.1, -0.05) is 31.2 Å². The van der Waals surface area contributed by atoms with Crippen molar-refractivity contribution in [3.63, 3.8) is 0 Å². The molecule has 35 heavy (non-hydrogen) atoms. The van der Waals surface area contributed by atoms with E-state index in [2.05, 4.69) is 17.0 Å². The van der Waals surface area contributed by atoms with Crippen molar-refractivity contribution in [3.05, 3.63) is 65.2 Å². The molecule has 9 heteroatoms. The van der Waals surface area contributed by atoms with Crippen molar-refractivity contribution in [1.29, 1.82) is 5.41 Å². The van der Waals surface area contributed by atoms with Crippen molar-refractivity contribution in [2.24, 2.45) is 10.1 Å². The maximum absolute atomic E-state index is 12.5. The third-order valence-corrected chi connectivity index (χ3v) is 6.10. The fourth-order valence-electron chi connectivity index (χ4n) is 3.42.